The minimum absolute atomic E-state index is 0.0195. The van der Waals surface area contributed by atoms with Crippen molar-refractivity contribution in [1.29, 1.82) is 0 Å². The molecule has 1 aromatic heterocycles. The molecule has 2 N–H and O–H groups in total. The molecule has 3 aromatic rings. The number of amides is 3. The number of fused-ring (bicyclic) bond motifs is 1. The molecule has 34 heavy (non-hydrogen) atoms. The molecule has 1 aliphatic heterocycles. The van der Waals surface area contributed by atoms with Crippen LogP contribution >= 0.6 is 0 Å². The summed E-state index contributed by atoms with van der Waals surface area (Å²) in [7, 11) is 1.21. The Kier molecular flexibility index (Phi) is 6.05. The van der Waals surface area contributed by atoms with Crippen molar-refractivity contribution in [2.75, 3.05) is 7.11 Å². The van der Waals surface area contributed by atoms with Crippen LogP contribution < -0.4 is 10.1 Å². The predicted octanol–water partition coefficient (Wildman–Crippen LogP) is 3.16. The van der Waals surface area contributed by atoms with Gasteiger partial charge in [-0.15, -0.1) is 0 Å². The molecular formula is C24H20N2O8. The summed E-state index contributed by atoms with van der Waals surface area (Å²) < 4.78 is 15.5. The molecule has 0 spiro atoms. The van der Waals surface area contributed by atoms with Crippen molar-refractivity contribution in [1.82, 2.24) is 10.2 Å². The van der Waals surface area contributed by atoms with Gasteiger partial charge in [-0.3, -0.25) is 9.69 Å². The Bertz CT molecular complexity index is 1340. The van der Waals surface area contributed by atoms with Gasteiger partial charge in [0.25, 0.3) is 5.91 Å². The number of carbonyl (C=O) groups is 4. The van der Waals surface area contributed by atoms with E-state index in [4.69, 9.17) is 9.15 Å². The molecule has 1 unspecified atom stereocenters. The number of carbonyl (C=O) groups excluding carboxylic acids is 3. The molecule has 4 rings (SSSR count). The number of rotatable bonds is 7. The van der Waals surface area contributed by atoms with E-state index >= 15 is 0 Å². The summed E-state index contributed by atoms with van der Waals surface area (Å²) in [5, 5.41) is 13.3. The highest BCUT2D eigenvalue weighted by Gasteiger charge is 2.35. The maximum absolute atomic E-state index is 13.0. The quantitative estimate of drug-likeness (QED) is 0.309. The van der Waals surface area contributed by atoms with E-state index in [1.54, 1.807) is 24.3 Å². The highest BCUT2D eigenvalue weighted by Crippen LogP contribution is 2.32. The van der Waals surface area contributed by atoms with Crippen LogP contribution in [0.3, 0.4) is 0 Å². The van der Waals surface area contributed by atoms with E-state index in [0.717, 1.165) is 10.3 Å². The molecule has 1 atom stereocenters. The number of urea groups is 1. The van der Waals surface area contributed by atoms with E-state index in [9.17, 15) is 24.3 Å². The van der Waals surface area contributed by atoms with E-state index in [1.165, 1.54) is 32.2 Å². The Morgan fingerprint density at radius 1 is 1.15 bits per heavy atom. The number of carboxylic acid groups (broad SMARTS) is 1. The minimum atomic E-state index is -1.15. The molecule has 1 aliphatic rings. The summed E-state index contributed by atoms with van der Waals surface area (Å²) in [6.45, 7) is 1.19. The van der Waals surface area contributed by atoms with Gasteiger partial charge in [0.05, 0.1) is 13.7 Å². The van der Waals surface area contributed by atoms with Crippen LogP contribution in [0.1, 0.15) is 28.8 Å². The maximum Gasteiger partial charge on any atom is 0.373 e. The first-order valence-electron chi connectivity index (χ1n) is 10.2. The Morgan fingerprint density at radius 2 is 1.91 bits per heavy atom. The summed E-state index contributed by atoms with van der Waals surface area (Å²) in [4.78, 5) is 49.3. The lowest BCUT2D eigenvalue weighted by Gasteiger charge is -2.15. The Hall–Kier alpha value is -4.60. The number of furan rings is 1. The van der Waals surface area contributed by atoms with Crippen molar-refractivity contribution in [3.63, 3.8) is 0 Å². The number of nitrogens with zero attached hydrogens (tertiary/aromatic N) is 1. The number of hydrogen-bond donors (Lipinski definition) is 2. The monoisotopic (exact) mass is 464 g/mol. The van der Waals surface area contributed by atoms with Crippen LogP contribution in [0.5, 0.6) is 5.75 Å². The molecule has 174 valence electrons. The van der Waals surface area contributed by atoms with Crippen molar-refractivity contribution >= 4 is 40.7 Å². The average molecular weight is 464 g/mol. The van der Waals surface area contributed by atoms with Crippen molar-refractivity contribution in [3.05, 3.63) is 71.3 Å². The fourth-order valence-electron chi connectivity index (χ4n) is 3.46. The van der Waals surface area contributed by atoms with E-state index in [2.05, 4.69) is 10.1 Å². The summed E-state index contributed by atoms with van der Waals surface area (Å²) in [6.07, 6.45) is 0.320. The summed E-state index contributed by atoms with van der Waals surface area (Å²) in [5.41, 5.74) is 0.427. The maximum atomic E-state index is 13.0. The zero-order chi connectivity index (χ0) is 24.4. The molecule has 0 saturated carbocycles. The number of hydrogen-bond acceptors (Lipinski definition) is 7. The molecule has 0 aliphatic carbocycles. The van der Waals surface area contributed by atoms with Crippen LogP contribution in [0.2, 0.25) is 0 Å². The molecule has 1 saturated heterocycles. The number of aliphatic carboxylic acids is 1. The number of imide groups is 1. The molecule has 2 aromatic carbocycles. The van der Waals surface area contributed by atoms with E-state index in [1.807, 2.05) is 12.1 Å². The van der Waals surface area contributed by atoms with Crippen LogP contribution in [0.4, 0.5) is 4.79 Å². The SMILES string of the molecule is COC(=O)c1ccc(CN2C(=O)NC(=Cc3c(OC(C)C(=O)O)ccc4ccccc34)C2=O)o1. The third kappa shape index (κ3) is 4.33. The normalized spacial score (nSPS) is 15.5. The molecule has 10 heteroatoms. The lowest BCUT2D eigenvalue weighted by atomic mass is 10.0. The molecule has 2 heterocycles. The zero-order valence-electron chi connectivity index (χ0n) is 18.2. The van der Waals surface area contributed by atoms with Crippen molar-refractivity contribution in [2.45, 2.75) is 19.6 Å². The zero-order valence-corrected chi connectivity index (χ0v) is 18.2. The Labute approximate surface area is 193 Å². The average Bonchev–Trinajstić information content (AvgIpc) is 3.40. The number of esters is 1. The molecule has 10 nitrogen and oxygen atoms in total. The fraction of sp³-hybridized carbons (Fsp3) is 0.167. The number of carboxylic acids is 1. The second-order valence-electron chi connectivity index (χ2n) is 7.43. The number of ether oxygens (including phenoxy) is 2. The lowest BCUT2D eigenvalue weighted by molar-refractivity contribution is -0.144. The molecule has 3 amide bonds. The Balaban J connectivity index is 1.67. The highest BCUT2D eigenvalue weighted by atomic mass is 16.5. The predicted molar refractivity (Wildman–Crippen MR) is 119 cm³/mol. The standard InChI is InChI=1S/C24H20N2O8/c1-13(22(28)29)33-19-9-7-14-5-3-4-6-16(14)17(19)11-18-21(27)26(24(31)25-18)12-15-8-10-20(34-15)23(30)32-2/h3-11,13H,12H2,1-2H3,(H,25,31)(H,28,29). The van der Waals surface area contributed by atoms with Crippen LogP contribution in [0.25, 0.3) is 16.8 Å². The smallest absolute Gasteiger partial charge is 0.373 e. The van der Waals surface area contributed by atoms with Gasteiger partial charge in [0.2, 0.25) is 5.76 Å². The van der Waals surface area contributed by atoms with Gasteiger partial charge in [-0.25, -0.2) is 14.4 Å². The van der Waals surface area contributed by atoms with Crippen LogP contribution in [-0.4, -0.2) is 47.1 Å². The van der Waals surface area contributed by atoms with Crippen LogP contribution in [0, 0.1) is 0 Å². The van der Waals surface area contributed by atoms with Crippen molar-refractivity contribution < 1.29 is 38.2 Å². The molecule has 0 bridgehead atoms. The van der Waals surface area contributed by atoms with Gasteiger partial charge in [0, 0.05) is 5.56 Å². The van der Waals surface area contributed by atoms with Crippen LogP contribution in [0.15, 0.2) is 58.6 Å². The summed E-state index contributed by atoms with van der Waals surface area (Å²) in [6, 6.07) is 12.9. The second-order valence-corrected chi connectivity index (χ2v) is 7.43. The lowest BCUT2D eigenvalue weighted by Crippen LogP contribution is -2.30. The van der Waals surface area contributed by atoms with Gasteiger partial charge >= 0.3 is 18.0 Å². The highest BCUT2D eigenvalue weighted by molar-refractivity contribution is 6.14. The third-order valence-corrected chi connectivity index (χ3v) is 5.20. The number of benzene rings is 2. The molecule has 0 radical (unpaired) electrons. The third-order valence-electron chi connectivity index (χ3n) is 5.20. The van der Waals surface area contributed by atoms with Gasteiger partial charge in [-0.1, -0.05) is 30.3 Å². The first-order valence-corrected chi connectivity index (χ1v) is 10.2. The first kappa shape index (κ1) is 22.6. The van der Waals surface area contributed by atoms with Gasteiger partial charge in [0.1, 0.15) is 17.2 Å². The topological polar surface area (TPSA) is 135 Å². The summed E-state index contributed by atoms with van der Waals surface area (Å²) >= 11 is 0. The van der Waals surface area contributed by atoms with Gasteiger partial charge in [0.15, 0.2) is 6.10 Å². The first-order chi connectivity index (χ1) is 16.3. The van der Waals surface area contributed by atoms with Gasteiger partial charge in [-0.2, -0.15) is 0 Å². The molecular weight excluding hydrogens is 444 g/mol. The van der Waals surface area contributed by atoms with E-state index in [0.29, 0.717) is 10.9 Å². The van der Waals surface area contributed by atoms with Gasteiger partial charge < -0.3 is 24.3 Å². The van der Waals surface area contributed by atoms with Crippen molar-refractivity contribution in [3.8, 4) is 5.75 Å². The largest absolute Gasteiger partial charge is 0.479 e. The van der Waals surface area contributed by atoms with E-state index in [-0.39, 0.29) is 29.5 Å². The minimum Gasteiger partial charge on any atom is -0.479 e. The molecule has 1 fully saturated rings. The Morgan fingerprint density at radius 3 is 2.65 bits per heavy atom. The van der Waals surface area contributed by atoms with Crippen molar-refractivity contribution in [2.24, 2.45) is 0 Å². The number of methoxy groups -OCH3 is 1. The number of nitrogens with one attached hydrogen (secondary N) is 1. The van der Waals surface area contributed by atoms with E-state index < -0.39 is 30.0 Å². The fourth-order valence-corrected chi connectivity index (χ4v) is 3.46. The van der Waals surface area contributed by atoms with Gasteiger partial charge in [-0.05, 0) is 42.0 Å². The second kappa shape index (κ2) is 9.10. The van der Waals surface area contributed by atoms with Crippen LogP contribution in [-0.2, 0) is 20.9 Å². The summed E-state index contributed by atoms with van der Waals surface area (Å²) in [5.74, 6) is -2.03.